The van der Waals surface area contributed by atoms with Crippen molar-refractivity contribution >= 4 is 56.4 Å². The number of anilines is 1. The summed E-state index contributed by atoms with van der Waals surface area (Å²) in [7, 11) is 1.45. The van der Waals surface area contributed by atoms with Gasteiger partial charge in [-0.2, -0.15) is 0 Å². The second kappa shape index (κ2) is 14.1. The number of hydrogen-bond acceptors (Lipinski definition) is 7. The Hall–Kier alpha value is -6.19. The molecule has 1 aliphatic heterocycles. The van der Waals surface area contributed by atoms with Gasteiger partial charge in [0.05, 0.1) is 30.0 Å². The van der Waals surface area contributed by atoms with E-state index in [9.17, 15) is 19.5 Å². The van der Waals surface area contributed by atoms with Crippen LogP contribution in [0.4, 0.5) is 5.69 Å². The Balaban J connectivity index is 1.20. The lowest BCUT2D eigenvalue weighted by molar-refractivity contribution is -0.135. The number of rotatable bonds is 7. The number of phenolic OH excluding ortho intramolecular Hbond substituents is 1. The molecule has 0 aromatic heterocycles. The number of methoxy groups -OCH3 is 1. The maximum atomic E-state index is 15.3. The fraction of sp³-hybridized carbons (Fsp3) is 0.188. The van der Waals surface area contributed by atoms with E-state index in [-0.39, 0.29) is 53.2 Å². The first-order valence-electron chi connectivity index (χ1n) is 18.9. The Kier molecular flexibility index (Phi) is 9.00. The minimum Gasteiger partial charge on any atom is -0.504 e. The number of imide groups is 1. The lowest BCUT2D eigenvalue weighted by atomic mass is 9.44. The molecular formula is C48H36BrNO7. The summed E-state index contributed by atoms with van der Waals surface area (Å²) in [6, 6.07) is 37.0. The highest BCUT2D eigenvalue weighted by Crippen LogP contribution is 2.65. The first kappa shape index (κ1) is 36.4. The molecule has 4 aliphatic rings. The molecule has 1 heterocycles. The summed E-state index contributed by atoms with van der Waals surface area (Å²) in [5.41, 5.74) is 2.38. The maximum Gasteiger partial charge on any atom is 0.238 e. The van der Waals surface area contributed by atoms with Gasteiger partial charge in [0.2, 0.25) is 11.8 Å². The largest absolute Gasteiger partial charge is 0.504 e. The number of benzene rings is 5. The Morgan fingerprint density at radius 3 is 2.09 bits per heavy atom. The molecule has 2 fully saturated rings. The van der Waals surface area contributed by atoms with Crippen molar-refractivity contribution in [1.29, 1.82) is 0 Å². The van der Waals surface area contributed by atoms with Gasteiger partial charge in [-0.05, 0) is 72.4 Å². The minimum absolute atomic E-state index is 0.121. The van der Waals surface area contributed by atoms with Crippen molar-refractivity contribution in [2.24, 2.45) is 23.7 Å². The number of fused-ring (bicyclic) bond motifs is 4. The van der Waals surface area contributed by atoms with Crippen LogP contribution in [0.5, 0.6) is 11.5 Å². The van der Waals surface area contributed by atoms with E-state index in [0.717, 1.165) is 5.57 Å². The van der Waals surface area contributed by atoms with Crippen molar-refractivity contribution in [2.75, 3.05) is 12.0 Å². The fourth-order valence-corrected chi connectivity index (χ4v) is 10.4. The maximum absolute atomic E-state index is 15.3. The third kappa shape index (κ3) is 5.58. The molecular weight excluding hydrogens is 782 g/mol. The summed E-state index contributed by atoms with van der Waals surface area (Å²) in [6.07, 6.45) is 3.74. The quantitative estimate of drug-likeness (QED) is 0.0996. The van der Waals surface area contributed by atoms with Gasteiger partial charge >= 0.3 is 0 Å². The first-order valence-corrected chi connectivity index (χ1v) is 19.7. The molecule has 5 aromatic rings. The van der Waals surface area contributed by atoms with Crippen LogP contribution in [-0.2, 0) is 24.6 Å². The molecule has 0 bridgehead atoms. The van der Waals surface area contributed by atoms with Crippen LogP contribution in [0.25, 0.3) is 5.57 Å². The van der Waals surface area contributed by atoms with Gasteiger partial charge in [-0.15, -0.1) is 0 Å². The van der Waals surface area contributed by atoms with Gasteiger partial charge in [-0.1, -0.05) is 119 Å². The molecule has 8 nitrogen and oxygen atoms in total. The van der Waals surface area contributed by atoms with Crippen molar-refractivity contribution < 1.29 is 33.8 Å². The number of aromatic hydroxyl groups is 1. The first-order chi connectivity index (χ1) is 27.6. The van der Waals surface area contributed by atoms with E-state index in [2.05, 4.69) is 15.9 Å². The molecule has 0 spiro atoms. The highest BCUT2D eigenvalue weighted by molar-refractivity contribution is 9.10. The lowest BCUT2D eigenvalue weighted by Crippen LogP contribution is -2.58. The van der Waals surface area contributed by atoms with Crippen molar-refractivity contribution in [1.82, 2.24) is 0 Å². The highest BCUT2D eigenvalue weighted by Gasteiger charge is 2.66. The number of amides is 2. The van der Waals surface area contributed by atoms with E-state index in [4.69, 9.17) is 4.74 Å². The lowest BCUT2D eigenvalue weighted by Gasteiger charge is -2.55. The van der Waals surface area contributed by atoms with Crippen molar-refractivity contribution in [3.05, 3.63) is 177 Å². The number of halogens is 1. The predicted octanol–water partition coefficient (Wildman–Crippen LogP) is 8.42. The normalized spacial score (nSPS) is 25.2. The third-order valence-electron chi connectivity index (χ3n) is 12.4. The molecule has 282 valence electrons. The van der Waals surface area contributed by atoms with Crippen LogP contribution in [0.2, 0.25) is 0 Å². The number of carbonyl (C=O) groups is 5. The van der Waals surface area contributed by atoms with Crippen LogP contribution in [0.3, 0.4) is 0 Å². The van der Waals surface area contributed by atoms with Crippen LogP contribution in [0.15, 0.2) is 150 Å². The van der Waals surface area contributed by atoms with Gasteiger partial charge in [0.25, 0.3) is 0 Å². The molecule has 6 atom stereocenters. The van der Waals surface area contributed by atoms with E-state index in [1.807, 2.05) is 60.7 Å². The number of carbonyl (C=O) groups excluding carboxylic acids is 5. The molecule has 2 amide bonds. The zero-order chi connectivity index (χ0) is 39.6. The van der Waals surface area contributed by atoms with Crippen molar-refractivity contribution in [2.45, 2.75) is 24.2 Å². The SMILES string of the molecule is COc1cc(Br)cc([C@H]2C3=CC[C@@H]4C(=O)N(c5ccc(C(=O)c6ccccc6)cc5)C(=O)[C@@H]4[C@@H]3C[C@H]3C(=O)C(c4ccccc4)=CC(=O)[C@@]23c2ccccc2)c1O. The highest BCUT2D eigenvalue weighted by atomic mass is 79.9. The van der Waals surface area contributed by atoms with Crippen LogP contribution in [0, 0.1) is 23.7 Å². The second-order valence-electron chi connectivity index (χ2n) is 15.1. The Morgan fingerprint density at radius 1 is 0.789 bits per heavy atom. The molecule has 1 saturated carbocycles. The molecule has 1 saturated heterocycles. The van der Waals surface area contributed by atoms with Crippen LogP contribution in [-0.4, -0.2) is 41.4 Å². The summed E-state index contributed by atoms with van der Waals surface area (Å²) in [5.74, 6) is -5.55. The number of hydrogen-bond donors (Lipinski definition) is 1. The molecule has 0 radical (unpaired) electrons. The number of nitrogens with zero attached hydrogens (tertiary/aromatic N) is 1. The van der Waals surface area contributed by atoms with Gasteiger partial charge < -0.3 is 9.84 Å². The van der Waals surface area contributed by atoms with Gasteiger partial charge in [-0.3, -0.25) is 28.9 Å². The van der Waals surface area contributed by atoms with Crippen LogP contribution in [0.1, 0.15) is 51.4 Å². The average Bonchev–Trinajstić information content (AvgIpc) is 3.51. The van der Waals surface area contributed by atoms with E-state index < -0.39 is 40.9 Å². The van der Waals surface area contributed by atoms with E-state index in [1.54, 1.807) is 72.8 Å². The summed E-state index contributed by atoms with van der Waals surface area (Å²) in [6.45, 7) is 0. The van der Waals surface area contributed by atoms with Crippen LogP contribution < -0.4 is 9.64 Å². The summed E-state index contributed by atoms with van der Waals surface area (Å²) >= 11 is 3.59. The summed E-state index contributed by atoms with van der Waals surface area (Å²) < 4.78 is 6.20. The third-order valence-corrected chi connectivity index (χ3v) is 12.9. The summed E-state index contributed by atoms with van der Waals surface area (Å²) in [5, 5.41) is 12.0. The standard InChI is InChI=1S/C48H36BrNO7/c1-57-39-24-31(49)23-37(45(39)54)42-33-21-22-34-41(47(56)50(46(34)55)32-19-17-29(18-20-32)43(52)28-13-7-3-8-14-28)36(33)25-38-44(53)35(27-11-5-2-6-12-27)26-40(51)48(38,42)30-15-9-4-10-16-30/h2-21,23-24,26,34,36,38,41-42,54H,22,25H2,1H3/t34-,36+,38-,41-,42+,48-/m0/s1. The van der Waals surface area contributed by atoms with Gasteiger partial charge in [0.1, 0.15) is 0 Å². The average molecular weight is 819 g/mol. The monoisotopic (exact) mass is 817 g/mol. The fourth-order valence-electron chi connectivity index (χ4n) is 9.96. The van der Waals surface area contributed by atoms with E-state index >= 15 is 9.59 Å². The zero-order valence-corrected chi connectivity index (χ0v) is 32.4. The topological polar surface area (TPSA) is 118 Å². The second-order valence-corrected chi connectivity index (χ2v) is 16.0. The molecule has 3 aliphatic carbocycles. The number of allylic oxidation sites excluding steroid dienone is 4. The van der Waals surface area contributed by atoms with Crippen molar-refractivity contribution in [3.63, 3.8) is 0 Å². The molecule has 57 heavy (non-hydrogen) atoms. The molecule has 0 unspecified atom stereocenters. The van der Waals surface area contributed by atoms with E-state index in [0.29, 0.717) is 38.0 Å². The summed E-state index contributed by atoms with van der Waals surface area (Å²) in [4.78, 5) is 74.0. The Labute approximate surface area is 337 Å². The zero-order valence-electron chi connectivity index (χ0n) is 30.8. The number of phenols is 1. The minimum atomic E-state index is -1.51. The van der Waals surface area contributed by atoms with Crippen LogP contribution >= 0.6 is 15.9 Å². The van der Waals surface area contributed by atoms with Gasteiger partial charge in [0, 0.05) is 38.6 Å². The van der Waals surface area contributed by atoms with Gasteiger partial charge in [0.15, 0.2) is 28.8 Å². The molecule has 9 rings (SSSR count). The molecule has 1 N–H and O–H groups in total. The Morgan fingerprint density at radius 2 is 1.42 bits per heavy atom. The number of ketones is 3. The predicted molar refractivity (Wildman–Crippen MR) is 218 cm³/mol. The number of ether oxygens (including phenoxy) is 1. The smallest absolute Gasteiger partial charge is 0.238 e. The van der Waals surface area contributed by atoms with Crippen molar-refractivity contribution in [3.8, 4) is 11.5 Å². The number of Topliss-reactive ketones (excluding diaryl/α,β-unsaturated/α-hetero) is 1. The molecule has 9 heteroatoms. The Bertz CT molecular complexity index is 2550. The van der Waals surface area contributed by atoms with E-state index in [1.165, 1.54) is 18.1 Å². The van der Waals surface area contributed by atoms with Gasteiger partial charge in [-0.25, -0.2) is 0 Å². The molecule has 5 aromatic carbocycles.